The zero-order chi connectivity index (χ0) is 24.5. The van der Waals surface area contributed by atoms with Crippen molar-refractivity contribution >= 4 is 23.2 Å². The summed E-state index contributed by atoms with van der Waals surface area (Å²) in [6, 6.07) is 14.2. The van der Waals surface area contributed by atoms with Gasteiger partial charge in [-0.1, -0.05) is 83.9 Å². The van der Waals surface area contributed by atoms with E-state index in [1.165, 1.54) is 0 Å². The highest BCUT2D eigenvalue weighted by atomic mass is 35.5. The summed E-state index contributed by atoms with van der Waals surface area (Å²) in [5.41, 5.74) is 3.08. The number of halogens is 4. The van der Waals surface area contributed by atoms with Gasteiger partial charge in [0.15, 0.2) is 0 Å². The van der Waals surface area contributed by atoms with Crippen LogP contribution in [0.5, 0.6) is 5.75 Å². The molecule has 0 aliphatic rings. The van der Waals surface area contributed by atoms with E-state index in [4.69, 9.17) is 27.9 Å². The van der Waals surface area contributed by atoms with Crippen molar-refractivity contribution in [3.05, 3.63) is 111 Å². The molecule has 0 atom stereocenters. The van der Waals surface area contributed by atoms with Crippen molar-refractivity contribution in [2.45, 2.75) is 46.1 Å². The maximum atomic E-state index is 14.9. The van der Waals surface area contributed by atoms with E-state index in [1.54, 1.807) is 42.5 Å². The van der Waals surface area contributed by atoms with Gasteiger partial charge in [-0.05, 0) is 68.4 Å². The topological polar surface area (TPSA) is 9.23 Å². The molecule has 3 aromatic carbocycles. The molecule has 0 saturated carbocycles. The highest BCUT2D eigenvalue weighted by molar-refractivity contribution is 6.32. The quantitative estimate of drug-likeness (QED) is 0.251. The van der Waals surface area contributed by atoms with E-state index in [0.29, 0.717) is 40.8 Å². The fraction of sp³-hybridized carbons (Fsp3) is 0.241. The Kier molecular flexibility index (Phi) is 9.74. The monoisotopic (exact) mass is 500 g/mol. The van der Waals surface area contributed by atoms with Gasteiger partial charge in [0, 0.05) is 11.1 Å². The summed E-state index contributed by atoms with van der Waals surface area (Å²) < 4.78 is 35.3. The molecule has 0 heterocycles. The summed E-state index contributed by atoms with van der Waals surface area (Å²) in [5.74, 6) is -0.249. The molecule has 0 aliphatic heterocycles. The first-order valence-corrected chi connectivity index (χ1v) is 12.1. The van der Waals surface area contributed by atoms with Gasteiger partial charge in [-0.2, -0.15) is 0 Å². The van der Waals surface area contributed by atoms with Crippen LogP contribution in [0.15, 0.2) is 72.8 Å². The molecule has 0 radical (unpaired) electrons. The van der Waals surface area contributed by atoms with Crippen LogP contribution in [-0.4, -0.2) is 0 Å². The molecule has 0 spiro atoms. The molecule has 3 rings (SSSR count). The lowest BCUT2D eigenvalue weighted by molar-refractivity contribution is 0.305. The highest BCUT2D eigenvalue weighted by Gasteiger charge is 2.14. The van der Waals surface area contributed by atoms with Gasteiger partial charge in [0.05, 0.1) is 10.0 Å². The fourth-order valence-electron chi connectivity index (χ4n) is 3.64. The third kappa shape index (κ3) is 6.49. The minimum atomic E-state index is -0.426. The number of rotatable bonds is 10. The lowest BCUT2D eigenvalue weighted by atomic mass is 10.0. The second-order valence-corrected chi connectivity index (χ2v) is 8.70. The van der Waals surface area contributed by atoms with E-state index in [0.717, 1.165) is 18.4 Å². The molecule has 3 aromatic rings. The van der Waals surface area contributed by atoms with Gasteiger partial charge in [-0.25, -0.2) is 8.78 Å². The molecule has 0 aliphatic carbocycles. The molecular formula is C29H28Cl2F2O. The van der Waals surface area contributed by atoms with E-state index >= 15 is 0 Å². The summed E-state index contributed by atoms with van der Waals surface area (Å²) in [6.45, 7) is 4.02. The Balaban J connectivity index is 1.68. The predicted molar refractivity (Wildman–Crippen MR) is 139 cm³/mol. The third-order valence-electron chi connectivity index (χ3n) is 5.60. The molecule has 178 valence electrons. The van der Waals surface area contributed by atoms with E-state index in [1.807, 2.05) is 44.2 Å². The molecule has 0 amide bonds. The first-order chi connectivity index (χ1) is 16.5. The van der Waals surface area contributed by atoms with Crippen LogP contribution in [0.25, 0.3) is 11.1 Å². The normalized spacial score (nSPS) is 11.6. The van der Waals surface area contributed by atoms with Crippen LogP contribution in [0.2, 0.25) is 10.0 Å². The number of hydrogen-bond acceptors (Lipinski definition) is 1. The molecule has 0 aromatic heterocycles. The van der Waals surface area contributed by atoms with Crippen molar-refractivity contribution in [3.8, 4) is 16.9 Å². The van der Waals surface area contributed by atoms with Gasteiger partial charge in [0.2, 0.25) is 0 Å². The summed E-state index contributed by atoms with van der Waals surface area (Å²) >= 11 is 12.5. The Morgan fingerprint density at radius 2 is 1.26 bits per heavy atom. The largest absolute Gasteiger partial charge is 0.489 e. The molecular weight excluding hydrogens is 473 g/mol. The number of aryl methyl sites for hydroxylation is 2. The zero-order valence-electron chi connectivity index (χ0n) is 19.4. The second kappa shape index (κ2) is 12.7. The molecule has 0 N–H and O–H groups in total. The zero-order valence-corrected chi connectivity index (χ0v) is 20.9. The van der Waals surface area contributed by atoms with Crippen molar-refractivity contribution in [2.24, 2.45) is 0 Å². The SMILES string of the molecule is C/C=C/CCc1ccc(COc2ccc(-c3ccc(CC/C=C/C)c(Cl)c3F)cc2)c(Cl)c1F. The maximum Gasteiger partial charge on any atom is 0.149 e. The van der Waals surface area contributed by atoms with Crippen molar-refractivity contribution < 1.29 is 13.5 Å². The smallest absolute Gasteiger partial charge is 0.149 e. The average Bonchev–Trinajstić information content (AvgIpc) is 2.85. The number of allylic oxidation sites excluding steroid dienone is 4. The van der Waals surface area contributed by atoms with Crippen molar-refractivity contribution in [2.75, 3.05) is 0 Å². The van der Waals surface area contributed by atoms with Gasteiger partial charge < -0.3 is 4.74 Å². The average molecular weight is 501 g/mol. The summed E-state index contributed by atoms with van der Waals surface area (Å²) in [6.07, 6.45) is 10.8. The van der Waals surface area contributed by atoms with Crippen LogP contribution >= 0.6 is 23.2 Å². The Morgan fingerprint density at radius 3 is 1.91 bits per heavy atom. The molecule has 0 bridgehead atoms. The number of ether oxygens (including phenoxy) is 1. The van der Waals surface area contributed by atoms with Crippen LogP contribution in [-0.2, 0) is 19.4 Å². The van der Waals surface area contributed by atoms with E-state index in [-0.39, 0.29) is 16.7 Å². The van der Waals surface area contributed by atoms with Gasteiger partial charge in [-0.3, -0.25) is 0 Å². The summed E-state index contributed by atoms with van der Waals surface area (Å²) in [7, 11) is 0. The van der Waals surface area contributed by atoms with Crippen LogP contribution in [0.3, 0.4) is 0 Å². The van der Waals surface area contributed by atoms with Crippen LogP contribution < -0.4 is 4.74 Å². The van der Waals surface area contributed by atoms with Gasteiger partial charge in [0.25, 0.3) is 0 Å². The number of benzene rings is 3. The van der Waals surface area contributed by atoms with Crippen LogP contribution in [0.1, 0.15) is 43.4 Å². The second-order valence-electron chi connectivity index (χ2n) is 7.94. The fourth-order valence-corrected chi connectivity index (χ4v) is 4.14. The van der Waals surface area contributed by atoms with E-state index in [9.17, 15) is 8.78 Å². The molecule has 0 fully saturated rings. The van der Waals surface area contributed by atoms with Crippen molar-refractivity contribution in [1.29, 1.82) is 0 Å². The Bertz CT molecular complexity index is 1170. The van der Waals surface area contributed by atoms with Gasteiger partial charge in [0.1, 0.15) is 24.0 Å². The molecule has 5 heteroatoms. The minimum Gasteiger partial charge on any atom is -0.489 e. The van der Waals surface area contributed by atoms with E-state index < -0.39 is 11.6 Å². The van der Waals surface area contributed by atoms with Crippen LogP contribution in [0.4, 0.5) is 8.78 Å². The standard InChI is InChI=1S/C29H28Cl2F2O/c1-3-5-7-9-21-15-18-25(29(33)26(21)30)20-13-16-24(17-14-20)34-19-23-12-11-22(10-8-6-4-2)28(32)27(23)31/h3-6,11-18H,7-10,19H2,1-2H3/b5-3+,6-4+. The maximum absolute atomic E-state index is 14.9. The van der Waals surface area contributed by atoms with Crippen molar-refractivity contribution in [3.63, 3.8) is 0 Å². The minimum absolute atomic E-state index is 0.0841. The van der Waals surface area contributed by atoms with Gasteiger partial charge >= 0.3 is 0 Å². The third-order valence-corrected chi connectivity index (χ3v) is 6.41. The first-order valence-electron chi connectivity index (χ1n) is 11.3. The van der Waals surface area contributed by atoms with E-state index in [2.05, 4.69) is 0 Å². The Labute approximate surface area is 210 Å². The number of hydrogen-bond donors (Lipinski definition) is 0. The highest BCUT2D eigenvalue weighted by Crippen LogP contribution is 2.32. The lowest BCUT2D eigenvalue weighted by Gasteiger charge is -2.12. The predicted octanol–water partition coefficient (Wildman–Crippen LogP) is 9.53. The molecule has 0 saturated heterocycles. The molecule has 34 heavy (non-hydrogen) atoms. The Morgan fingerprint density at radius 1 is 0.706 bits per heavy atom. The summed E-state index contributed by atoms with van der Waals surface area (Å²) in [4.78, 5) is 0. The lowest BCUT2D eigenvalue weighted by Crippen LogP contribution is -2.00. The molecule has 1 nitrogen and oxygen atoms in total. The van der Waals surface area contributed by atoms with Gasteiger partial charge in [-0.15, -0.1) is 0 Å². The molecule has 0 unspecified atom stereocenters. The summed E-state index contributed by atoms with van der Waals surface area (Å²) in [5, 5.41) is 0.244. The first kappa shape index (κ1) is 26.0. The van der Waals surface area contributed by atoms with Crippen LogP contribution in [0, 0.1) is 11.6 Å². The Hall–Kier alpha value is -2.62. The van der Waals surface area contributed by atoms with Crippen molar-refractivity contribution in [1.82, 2.24) is 0 Å².